The zero-order valence-electron chi connectivity index (χ0n) is 14.0. The Morgan fingerprint density at radius 1 is 1.52 bits per heavy atom. The third kappa shape index (κ3) is 4.23. The quantitative estimate of drug-likeness (QED) is 0.847. The van der Waals surface area contributed by atoms with Crippen LogP contribution < -0.4 is 10.5 Å². The molecule has 0 radical (unpaired) electrons. The van der Waals surface area contributed by atoms with Gasteiger partial charge in [-0.3, -0.25) is 4.79 Å². The molecule has 1 fully saturated rings. The van der Waals surface area contributed by atoms with E-state index in [1.807, 2.05) is 32.0 Å². The highest BCUT2D eigenvalue weighted by Crippen LogP contribution is 2.31. The molecule has 1 heterocycles. The van der Waals surface area contributed by atoms with Crippen LogP contribution in [-0.4, -0.2) is 37.0 Å². The molecule has 1 aliphatic rings. The third-order valence-corrected chi connectivity index (χ3v) is 4.23. The fourth-order valence-corrected chi connectivity index (χ4v) is 2.87. The van der Waals surface area contributed by atoms with E-state index in [4.69, 9.17) is 10.5 Å². The van der Waals surface area contributed by atoms with Crippen molar-refractivity contribution in [2.75, 3.05) is 26.2 Å². The molecule has 1 saturated heterocycles. The Bertz CT molecular complexity index is 609. The molecule has 0 saturated carbocycles. The average molecular weight is 315 g/mol. The molecule has 1 aromatic carbocycles. The van der Waals surface area contributed by atoms with Gasteiger partial charge in [-0.25, -0.2) is 0 Å². The summed E-state index contributed by atoms with van der Waals surface area (Å²) in [5, 5.41) is 9.33. The lowest BCUT2D eigenvalue weighted by molar-refractivity contribution is 0.0625. The summed E-state index contributed by atoms with van der Waals surface area (Å²) in [4.78, 5) is 14.7. The minimum absolute atomic E-state index is 0.0612. The smallest absolute Gasteiger partial charge is 0.257 e. The molecule has 1 aliphatic heterocycles. The number of hydrogen-bond acceptors (Lipinski definition) is 4. The van der Waals surface area contributed by atoms with Crippen LogP contribution in [0.1, 0.15) is 42.1 Å². The molecular formula is C18H25N3O2. The maximum Gasteiger partial charge on any atom is 0.257 e. The van der Waals surface area contributed by atoms with Crippen molar-refractivity contribution in [2.45, 2.75) is 33.1 Å². The molecule has 0 aromatic heterocycles. The first-order valence-corrected chi connectivity index (χ1v) is 8.13. The molecule has 0 spiro atoms. The van der Waals surface area contributed by atoms with E-state index in [2.05, 4.69) is 6.07 Å². The van der Waals surface area contributed by atoms with E-state index in [9.17, 15) is 10.1 Å². The number of nitriles is 1. The Kier molecular flexibility index (Phi) is 5.62. The normalized spacial score (nSPS) is 20.9. The fourth-order valence-electron chi connectivity index (χ4n) is 2.87. The lowest BCUT2D eigenvalue weighted by Gasteiger charge is -2.36. The van der Waals surface area contributed by atoms with Crippen LogP contribution in [0.15, 0.2) is 18.2 Å². The highest BCUT2D eigenvalue weighted by atomic mass is 16.5. The topological polar surface area (TPSA) is 79.3 Å². The largest absolute Gasteiger partial charge is 0.493 e. The van der Waals surface area contributed by atoms with Gasteiger partial charge >= 0.3 is 0 Å². The van der Waals surface area contributed by atoms with Crippen LogP contribution in [-0.2, 0) is 0 Å². The number of rotatable bonds is 5. The van der Waals surface area contributed by atoms with Crippen molar-refractivity contribution in [2.24, 2.45) is 11.1 Å². The molecule has 0 bridgehead atoms. The SMILES string of the molecule is Cc1ccc(C(=O)N2CCCC(C)(C#N)C2)c(OCCCN)c1. The molecule has 5 heteroatoms. The number of amides is 1. The monoisotopic (exact) mass is 315 g/mol. The van der Waals surface area contributed by atoms with Crippen LogP contribution in [0.3, 0.4) is 0 Å². The Balaban J connectivity index is 2.20. The van der Waals surface area contributed by atoms with E-state index in [1.54, 1.807) is 4.90 Å². The number of hydrogen-bond donors (Lipinski definition) is 1. The number of nitrogens with two attached hydrogens (primary N) is 1. The van der Waals surface area contributed by atoms with Gasteiger partial charge in [-0.2, -0.15) is 5.26 Å². The maximum atomic E-state index is 12.9. The van der Waals surface area contributed by atoms with Crippen LogP contribution in [0.25, 0.3) is 0 Å². The molecule has 1 amide bonds. The summed E-state index contributed by atoms with van der Waals surface area (Å²) in [5.74, 6) is 0.543. The number of benzene rings is 1. The second kappa shape index (κ2) is 7.47. The minimum Gasteiger partial charge on any atom is -0.493 e. The van der Waals surface area contributed by atoms with Gasteiger partial charge in [0, 0.05) is 13.1 Å². The summed E-state index contributed by atoms with van der Waals surface area (Å²) in [6, 6.07) is 7.96. The van der Waals surface area contributed by atoms with Gasteiger partial charge in [0.25, 0.3) is 5.91 Å². The standard InChI is InChI=1S/C18H25N3O2/c1-14-5-6-15(16(11-14)23-10-4-8-19)17(22)21-9-3-7-18(2,12-20)13-21/h5-6,11H,3-4,7-10,13,19H2,1-2H3. The Morgan fingerprint density at radius 3 is 3.00 bits per heavy atom. The summed E-state index contributed by atoms with van der Waals surface area (Å²) in [7, 11) is 0. The molecule has 1 unspecified atom stereocenters. The van der Waals surface area contributed by atoms with Crippen molar-refractivity contribution < 1.29 is 9.53 Å². The van der Waals surface area contributed by atoms with Crippen molar-refractivity contribution in [1.82, 2.24) is 4.90 Å². The summed E-state index contributed by atoms with van der Waals surface area (Å²) >= 11 is 0. The van der Waals surface area contributed by atoms with Gasteiger partial charge in [-0.1, -0.05) is 6.07 Å². The van der Waals surface area contributed by atoms with Crippen molar-refractivity contribution in [3.05, 3.63) is 29.3 Å². The number of likely N-dealkylation sites (tertiary alicyclic amines) is 1. The number of carbonyl (C=O) groups excluding carboxylic acids is 1. The average Bonchev–Trinajstić information content (AvgIpc) is 2.55. The Hall–Kier alpha value is -2.06. The van der Waals surface area contributed by atoms with Crippen LogP contribution in [0.5, 0.6) is 5.75 Å². The molecule has 2 N–H and O–H groups in total. The van der Waals surface area contributed by atoms with Crippen molar-refractivity contribution in [1.29, 1.82) is 5.26 Å². The predicted molar refractivity (Wildman–Crippen MR) is 89.2 cm³/mol. The van der Waals surface area contributed by atoms with Crippen LogP contribution in [0.4, 0.5) is 0 Å². The number of aryl methyl sites for hydroxylation is 1. The van der Waals surface area contributed by atoms with Crippen LogP contribution in [0, 0.1) is 23.7 Å². The van der Waals surface area contributed by atoms with E-state index in [-0.39, 0.29) is 5.91 Å². The van der Waals surface area contributed by atoms with Gasteiger partial charge in [0.1, 0.15) is 5.75 Å². The zero-order chi connectivity index (χ0) is 16.9. The number of carbonyl (C=O) groups is 1. The number of ether oxygens (including phenoxy) is 1. The lowest BCUT2D eigenvalue weighted by atomic mass is 9.83. The molecule has 1 atom stereocenters. The van der Waals surface area contributed by atoms with Crippen molar-refractivity contribution >= 4 is 5.91 Å². The van der Waals surface area contributed by atoms with E-state index < -0.39 is 5.41 Å². The van der Waals surface area contributed by atoms with Crippen LogP contribution >= 0.6 is 0 Å². The molecule has 124 valence electrons. The maximum absolute atomic E-state index is 12.9. The third-order valence-electron chi connectivity index (χ3n) is 4.23. The van der Waals surface area contributed by atoms with E-state index in [0.717, 1.165) is 24.8 Å². The lowest BCUT2D eigenvalue weighted by Crippen LogP contribution is -2.44. The Morgan fingerprint density at radius 2 is 2.30 bits per heavy atom. The number of nitrogens with zero attached hydrogens (tertiary/aromatic N) is 2. The molecule has 5 nitrogen and oxygen atoms in total. The minimum atomic E-state index is -0.459. The van der Waals surface area contributed by atoms with Gasteiger partial charge in [0.2, 0.25) is 0 Å². The summed E-state index contributed by atoms with van der Waals surface area (Å²) < 4.78 is 5.76. The number of piperidine rings is 1. The van der Waals surface area contributed by atoms with E-state index in [1.165, 1.54) is 0 Å². The molecule has 23 heavy (non-hydrogen) atoms. The molecule has 2 rings (SSSR count). The van der Waals surface area contributed by atoms with Gasteiger partial charge < -0.3 is 15.4 Å². The van der Waals surface area contributed by atoms with Gasteiger partial charge in [0.15, 0.2) is 0 Å². The first-order valence-electron chi connectivity index (χ1n) is 8.13. The molecular weight excluding hydrogens is 290 g/mol. The highest BCUT2D eigenvalue weighted by molar-refractivity contribution is 5.97. The van der Waals surface area contributed by atoms with Crippen molar-refractivity contribution in [3.8, 4) is 11.8 Å². The van der Waals surface area contributed by atoms with E-state index >= 15 is 0 Å². The van der Waals surface area contributed by atoms with Crippen molar-refractivity contribution in [3.63, 3.8) is 0 Å². The second-order valence-corrected chi connectivity index (χ2v) is 6.49. The van der Waals surface area contributed by atoms with Gasteiger partial charge in [-0.05, 0) is 57.4 Å². The van der Waals surface area contributed by atoms with Gasteiger partial charge in [0.05, 0.1) is 23.7 Å². The summed E-state index contributed by atoms with van der Waals surface area (Å²) in [6.45, 7) is 6.10. The van der Waals surface area contributed by atoms with Gasteiger partial charge in [-0.15, -0.1) is 0 Å². The summed E-state index contributed by atoms with van der Waals surface area (Å²) in [5.41, 5.74) is 6.65. The first kappa shape index (κ1) is 17.3. The predicted octanol–water partition coefficient (Wildman–Crippen LogP) is 2.49. The molecule has 1 aromatic rings. The fraction of sp³-hybridized carbons (Fsp3) is 0.556. The summed E-state index contributed by atoms with van der Waals surface area (Å²) in [6.07, 6.45) is 2.43. The Labute approximate surface area is 138 Å². The van der Waals surface area contributed by atoms with Crippen LogP contribution in [0.2, 0.25) is 0 Å². The van der Waals surface area contributed by atoms with E-state index in [0.29, 0.717) is 37.6 Å². The second-order valence-electron chi connectivity index (χ2n) is 6.49. The zero-order valence-corrected chi connectivity index (χ0v) is 14.0. The highest BCUT2D eigenvalue weighted by Gasteiger charge is 2.34. The first-order chi connectivity index (χ1) is 11.0. The molecule has 0 aliphatic carbocycles.